The third kappa shape index (κ3) is 4.57. The maximum absolute atomic E-state index is 13.5. The second kappa shape index (κ2) is 9.23. The van der Waals surface area contributed by atoms with Gasteiger partial charge in [-0.2, -0.15) is 0 Å². The highest BCUT2D eigenvalue weighted by atomic mass is 19.1. The van der Waals surface area contributed by atoms with Gasteiger partial charge in [-0.15, -0.1) is 0 Å². The zero-order valence-corrected chi connectivity index (χ0v) is 17.8. The Morgan fingerprint density at radius 2 is 1.74 bits per heavy atom. The van der Waals surface area contributed by atoms with E-state index in [0.717, 1.165) is 28.8 Å². The normalized spacial score (nSPS) is 18.2. The Hall–Kier alpha value is -3.31. The van der Waals surface area contributed by atoms with Crippen LogP contribution in [0.25, 0.3) is 5.70 Å². The summed E-state index contributed by atoms with van der Waals surface area (Å²) in [6.07, 6.45) is 2.97. The van der Waals surface area contributed by atoms with Crippen molar-refractivity contribution in [3.05, 3.63) is 101 Å². The third-order valence-electron chi connectivity index (χ3n) is 5.65. The Morgan fingerprint density at radius 1 is 1.00 bits per heavy atom. The number of nitrogens with one attached hydrogen (secondary N) is 1. The molecule has 4 rings (SSSR count). The number of hydrogen-bond donors (Lipinski definition) is 3. The summed E-state index contributed by atoms with van der Waals surface area (Å²) in [5, 5.41) is 16.5. The first kappa shape index (κ1) is 20.9. The largest absolute Gasteiger partial charge is 0.504 e. The third-order valence-corrected chi connectivity index (χ3v) is 5.65. The molecule has 0 aliphatic carbocycles. The molecule has 1 aliphatic heterocycles. The van der Waals surface area contributed by atoms with Gasteiger partial charge in [-0.3, -0.25) is 0 Å². The minimum atomic E-state index is -0.260. The Balaban J connectivity index is 1.75. The number of aryl methyl sites for hydroxylation is 1. The van der Waals surface area contributed by atoms with E-state index >= 15 is 0 Å². The second-order valence-corrected chi connectivity index (χ2v) is 7.65. The van der Waals surface area contributed by atoms with E-state index < -0.39 is 0 Å². The molecule has 3 aromatic rings. The van der Waals surface area contributed by atoms with E-state index in [9.17, 15) is 9.50 Å². The van der Waals surface area contributed by atoms with Crippen LogP contribution in [0.2, 0.25) is 0 Å². The summed E-state index contributed by atoms with van der Waals surface area (Å²) >= 11 is 0. The number of quaternary nitrogens is 1. The van der Waals surface area contributed by atoms with Crippen molar-refractivity contribution in [1.29, 1.82) is 0 Å². The maximum Gasteiger partial charge on any atom is 0.186 e. The fourth-order valence-corrected chi connectivity index (χ4v) is 3.94. The van der Waals surface area contributed by atoms with Crippen LogP contribution >= 0.6 is 0 Å². The number of aromatic hydroxyl groups is 1. The molecule has 3 aromatic carbocycles. The van der Waals surface area contributed by atoms with E-state index in [4.69, 9.17) is 4.74 Å². The van der Waals surface area contributed by atoms with Gasteiger partial charge in [0.15, 0.2) is 17.7 Å². The molecule has 31 heavy (non-hydrogen) atoms. The lowest BCUT2D eigenvalue weighted by atomic mass is 9.97. The van der Waals surface area contributed by atoms with Gasteiger partial charge in [0.2, 0.25) is 0 Å². The Morgan fingerprint density at radius 3 is 2.42 bits per heavy atom. The van der Waals surface area contributed by atoms with Crippen LogP contribution in [0, 0.1) is 5.82 Å². The van der Waals surface area contributed by atoms with Crippen LogP contribution < -0.4 is 15.4 Å². The molecular formula is C26H28FN2O2+. The molecule has 0 saturated carbocycles. The summed E-state index contributed by atoms with van der Waals surface area (Å²) < 4.78 is 19.1. The van der Waals surface area contributed by atoms with Gasteiger partial charge < -0.3 is 20.5 Å². The predicted octanol–water partition coefficient (Wildman–Crippen LogP) is 4.44. The van der Waals surface area contributed by atoms with Crippen molar-refractivity contribution in [2.75, 3.05) is 6.61 Å². The van der Waals surface area contributed by atoms with Gasteiger partial charge in [-0.25, -0.2) is 4.39 Å². The average Bonchev–Trinajstić information content (AvgIpc) is 2.81. The molecule has 5 heteroatoms. The lowest BCUT2D eigenvalue weighted by Crippen LogP contribution is -2.89. The van der Waals surface area contributed by atoms with Crippen molar-refractivity contribution < 1.29 is 19.6 Å². The second-order valence-electron chi connectivity index (χ2n) is 7.65. The molecule has 0 amide bonds. The van der Waals surface area contributed by atoms with Crippen molar-refractivity contribution in [2.24, 2.45) is 0 Å². The van der Waals surface area contributed by atoms with Crippen molar-refractivity contribution in [3.8, 4) is 11.5 Å². The summed E-state index contributed by atoms with van der Waals surface area (Å²) in [6, 6.07) is 20.5. The van der Waals surface area contributed by atoms with Gasteiger partial charge in [0.1, 0.15) is 11.9 Å². The van der Waals surface area contributed by atoms with E-state index in [1.165, 1.54) is 17.7 Å². The zero-order valence-electron chi connectivity index (χ0n) is 17.8. The Bertz CT molecular complexity index is 1060. The van der Waals surface area contributed by atoms with Crippen molar-refractivity contribution >= 4 is 5.70 Å². The fraction of sp³-hybridized carbons (Fsp3) is 0.231. The topological polar surface area (TPSA) is 58.1 Å². The summed E-state index contributed by atoms with van der Waals surface area (Å²) in [4.78, 5) is 0. The molecule has 4 N–H and O–H groups in total. The Labute approximate surface area is 182 Å². The van der Waals surface area contributed by atoms with Crippen molar-refractivity contribution in [1.82, 2.24) is 5.32 Å². The molecule has 0 aromatic heterocycles. The smallest absolute Gasteiger partial charge is 0.186 e. The highest BCUT2D eigenvalue weighted by Crippen LogP contribution is 2.35. The molecule has 0 bridgehead atoms. The molecule has 4 nitrogen and oxygen atoms in total. The number of nitrogens with two attached hydrogens (primary N) is 1. The average molecular weight is 420 g/mol. The van der Waals surface area contributed by atoms with Crippen LogP contribution in [0.15, 0.2) is 72.8 Å². The van der Waals surface area contributed by atoms with E-state index in [1.54, 1.807) is 18.2 Å². The van der Waals surface area contributed by atoms with Crippen LogP contribution in [0.4, 0.5) is 4.39 Å². The first-order valence-corrected chi connectivity index (χ1v) is 10.7. The monoisotopic (exact) mass is 419 g/mol. The summed E-state index contributed by atoms with van der Waals surface area (Å²) in [7, 11) is 0. The standard InChI is InChI=1S/C26H27FN2O2/c1-3-17-8-10-18(11-9-17)22-16-23(21-6-5-7-24(25(21)30)31-4-2)29-26(28-22)19-12-14-20(27)15-13-19/h5-16,23,26,28-30H,3-4H2,1-2H3/p+1. The minimum absolute atomic E-state index is 0.133. The number of hydrogen-bond acceptors (Lipinski definition) is 3. The highest BCUT2D eigenvalue weighted by Gasteiger charge is 2.30. The molecule has 0 fully saturated rings. The number of benzene rings is 3. The van der Waals surface area contributed by atoms with Gasteiger partial charge in [0.25, 0.3) is 0 Å². The van der Waals surface area contributed by atoms with E-state index in [2.05, 4.69) is 47.9 Å². The number of para-hydroxylation sites is 1. The number of halogens is 1. The predicted molar refractivity (Wildman–Crippen MR) is 120 cm³/mol. The van der Waals surface area contributed by atoms with Crippen LogP contribution in [0.1, 0.15) is 48.3 Å². The molecule has 0 radical (unpaired) electrons. The van der Waals surface area contributed by atoms with Gasteiger partial charge in [0.05, 0.1) is 12.2 Å². The Kier molecular flexibility index (Phi) is 6.23. The summed E-state index contributed by atoms with van der Waals surface area (Å²) in [5.74, 6) is 0.374. The zero-order chi connectivity index (χ0) is 21.8. The van der Waals surface area contributed by atoms with E-state index in [0.29, 0.717) is 12.4 Å². The highest BCUT2D eigenvalue weighted by molar-refractivity contribution is 5.66. The lowest BCUT2D eigenvalue weighted by Gasteiger charge is -2.30. The molecular weight excluding hydrogens is 391 g/mol. The van der Waals surface area contributed by atoms with Crippen molar-refractivity contribution in [2.45, 2.75) is 32.5 Å². The number of ether oxygens (including phenoxy) is 1. The lowest BCUT2D eigenvalue weighted by molar-refractivity contribution is -0.731. The minimum Gasteiger partial charge on any atom is -0.504 e. The summed E-state index contributed by atoms with van der Waals surface area (Å²) in [5.41, 5.74) is 5.07. The number of phenolic OH excluding ortho intramolecular Hbond substituents is 1. The first-order valence-electron chi connectivity index (χ1n) is 10.7. The first-order chi connectivity index (χ1) is 15.1. The molecule has 0 spiro atoms. The van der Waals surface area contributed by atoms with Crippen LogP contribution in [0.3, 0.4) is 0 Å². The molecule has 2 atom stereocenters. The van der Waals surface area contributed by atoms with E-state index in [-0.39, 0.29) is 23.8 Å². The van der Waals surface area contributed by atoms with Gasteiger partial charge in [0, 0.05) is 17.3 Å². The quantitative estimate of drug-likeness (QED) is 0.554. The van der Waals surface area contributed by atoms with Gasteiger partial charge in [-0.05, 0) is 60.9 Å². The summed E-state index contributed by atoms with van der Waals surface area (Å²) in [6.45, 7) is 4.51. The van der Waals surface area contributed by atoms with Crippen molar-refractivity contribution in [3.63, 3.8) is 0 Å². The molecule has 0 saturated heterocycles. The number of phenols is 1. The van der Waals surface area contributed by atoms with Crippen LogP contribution in [-0.4, -0.2) is 11.7 Å². The number of rotatable bonds is 6. The fourth-order valence-electron chi connectivity index (χ4n) is 3.94. The maximum atomic E-state index is 13.5. The van der Waals surface area contributed by atoms with Gasteiger partial charge >= 0.3 is 0 Å². The SMILES string of the molecule is CCOc1cccc(C2C=C(c3ccc(CC)cc3)NC(c3ccc(F)cc3)[NH2+]2)c1O. The molecule has 2 unspecified atom stereocenters. The van der Waals surface area contributed by atoms with Crippen LogP contribution in [0.5, 0.6) is 11.5 Å². The molecule has 1 aliphatic rings. The van der Waals surface area contributed by atoms with Crippen LogP contribution in [-0.2, 0) is 6.42 Å². The van der Waals surface area contributed by atoms with Gasteiger partial charge in [-0.1, -0.05) is 37.3 Å². The van der Waals surface area contributed by atoms with E-state index in [1.807, 2.05) is 19.1 Å². The molecule has 1 heterocycles. The molecule has 160 valence electrons.